The number of halogens is 2. The molecule has 0 radical (unpaired) electrons. The normalized spacial score (nSPS) is 10.4. The minimum absolute atomic E-state index is 0.403. The number of hydrogen-bond acceptors (Lipinski definition) is 2. The summed E-state index contributed by atoms with van der Waals surface area (Å²) in [6, 6.07) is 0. The van der Waals surface area contributed by atoms with Crippen LogP contribution in [0.3, 0.4) is 0 Å². The Bertz CT molecular complexity index is 55.0. The first-order valence-electron chi connectivity index (χ1n) is 2.13. The van der Waals surface area contributed by atoms with E-state index in [2.05, 4.69) is 4.89 Å². The predicted octanol–water partition coefficient (Wildman–Crippen LogP) is 2.65. The molecule has 0 heterocycles. The molecule has 0 unspecified atom stereocenters. The molecule has 0 aromatic heterocycles. The van der Waals surface area contributed by atoms with Crippen LogP contribution in [0, 0.1) is 0 Å². The van der Waals surface area contributed by atoms with E-state index >= 15 is 0 Å². The van der Waals surface area contributed by atoms with Gasteiger partial charge in [0.15, 0.2) is 0 Å². The van der Waals surface area contributed by atoms with Gasteiger partial charge < -0.3 is 0 Å². The van der Waals surface area contributed by atoms with Crippen LogP contribution >= 0.6 is 20.4 Å². The molecule has 0 aliphatic carbocycles. The van der Waals surface area contributed by atoms with Crippen molar-refractivity contribution in [3.63, 3.8) is 0 Å². The van der Waals surface area contributed by atoms with E-state index in [0.717, 1.165) is 0 Å². The molecule has 0 aromatic rings. The summed E-state index contributed by atoms with van der Waals surface area (Å²) >= 11 is 0.569. The third-order valence-electron chi connectivity index (χ3n) is 0.274. The molecule has 2 nitrogen and oxygen atoms in total. The average Bonchev–Trinajstić information content (AvgIpc) is 1.67. The summed E-state index contributed by atoms with van der Waals surface area (Å²) in [4.78, 5) is 3.94. The summed E-state index contributed by atoms with van der Waals surface area (Å²) in [5.74, 6) is 0. The Kier molecular flexibility index (Phi) is 9.99. The molecule has 0 rings (SSSR count). The van der Waals surface area contributed by atoms with E-state index in [1.54, 1.807) is 20.8 Å². The van der Waals surface area contributed by atoms with Gasteiger partial charge in [0.1, 0.15) is 0 Å². The van der Waals surface area contributed by atoms with Crippen molar-refractivity contribution in [2.24, 2.45) is 0 Å². The molecule has 5 heteroatoms. The second-order valence-electron chi connectivity index (χ2n) is 2.25. The quantitative estimate of drug-likeness (QED) is 0.386. The zero-order chi connectivity index (χ0) is 7.91. The molecule has 0 aromatic carbocycles. The molecular weight excluding hydrogens is 210 g/mol. The van der Waals surface area contributed by atoms with Gasteiger partial charge in [0.2, 0.25) is 0 Å². The molecule has 9 heavy (non-hydrogen) atoms. The second-order valence-corrected chi connectivity index (χ2v) is 3.88. The zero-order valence-corrected chi connectivity index (χ0v) is 7.93. The second kappa shape index (κ2) is 7.10. The van der Waals surface area contributed by atoms with E-state index in [9.17, 15) is 0 Å². The molecule has 0 aliphatic heterocycles. The summed E-state index contributed by atoms with van der Waals surface area (Å²) in [6.07, 6.45) is 0. The maximum atomic E-state index is 7.90. The maximum absolute atomic E-state index is 7.90. The summed E-state index contributed by atoms with van der Waals surface area (Å²) < 4.78 is 0. The van der Waals surface area contributed by atoms with Crippen LogP contribution in [0.15, 0.2) is 0 Å². The monoisotopic (exact) mass is 218 g/mol. The van der Waals surface area contributed by atoms with Gasteiger partial charge in [-0.1, -0.05) is 0 Å². The first kappa shape index (κ1) is 12.7. The summed E-state index contributed by atoms with van der Waals surface area (Å²) in [7, 11) is 9.40. The van der Waals surface area contributed by atoms with Crippen LogP contribution in [0.1, 0.15) is 20.8 Å². The van der Waals surface area contributed by atoms with Gasteiger partial charge in [-0.3, -0.25) is 5.26 Å². The van der Waals surface area contributed by atoms with Crippen molar-refractivity contribution in [3.05, 3.63) is 0 Å². The van der Waals surface area contributed by atoms with Gasteiger partial charge in [0, 0.05) is 0 Å². The Morgan fingerprint density at radius 3 is 1.44 bits per heavy atom. The van der Waals surface area contributed by atoms with Crippen LogP contribution in [0.5, 0.6) is 0 Å². The van der Waals surface area contributed by atoms with Crippen molar-refractivity contribution < 1.29 is 22.8 Å². The molecule has 0 bridgehead atoms. The summed E-state index contributed by atoms with van der Waals surface area (Å²) in [5.41, 5.74) is -0.403. The van der Waals surface area contributed by atoms with Gasteiger partial charge in [-0.05, 0) is 20.8 Å². The molecular formula is C4H10Cl2NiO2. The minimum atomic E-state index is -0.403. The first-order chi connectivity index (χ1) is 3.97. The Balaban J connectivity index is 0. The van der Waals surface area contributed by atoms with Gasteiger partial charge in [0.25, 0.3) is 0 Å². The molecule has 0 spiro atoms. The van der Waals surface area contributed by atoms with E-state index in [4.69, 9.17) is 25.6 Å². The predicted molar refractivity (Wildman–Crippen MR) is 35.2 cm³/mol. The molecule has 0 saturated heterocycles. The fraction of sp³-hybridized carbons (Fsp3) is 1.00. The Morgan fingerprint density at radius 2 is 1.44 bits per heavy atom. The van der Waals surface area contributed by atoms with Crippen molar-refractivity contribution in [3.8, 4) is 0 Å². The summed E-state index contributed by atoms with van der Waals surface area (Å²) in [6.45, 7) is 5.31. The fourth-order valence-electron chi connectivity index (χ4n) is 0. The Hall–Kier alpha value is 0.994. The molecule has 62 valence electrons. The molecule has 0 aliphatic rings. The van der Waals surface area contributed by atoms with E-state index in [0.29, 0.717) is 12.7 Å². The van der Waals surface area contributed by atoms with E-state index in [-0.39, 0.29) is 0 Å². The van der Waals surface area contributed by atoms with Crippen LogP contribution in [-0.4, -0.2) is 10.9 Å². The van der Waals surface area contributed by atoms with Gasteiger partial charge >= 0.3 is 33.0 Å². The summed E-state index contributed by atoms with van der Waals surface area (Å²) in [5, 5.41) is 7.90. The number of rotatable bonds is 0. The van der Waals surface area contributed by atoms with Crippen LogP contribution in [-0.2, 0) is 17.5 Å². The van der Waals surface area contributed by atoms with Crippen molar-refractivity contribution in [1.29, 1.82) is 0 Å². The first-order valence-corrected chi connectivity index (χ1v) is 4.84. The Labute approximate surface area is 69.8 Å². The molecule has 0 saturated carbocycles. The average molecular weight is 220 g/mol. The van der Waals surface area contributed by atoms with Crippen LogP contribution in [0.4, 0.5) is 0 Å². The van der Waals surface area contributed by atoms with Gasteiger partial charge in [-0.2, -0.15) is 0 Å². The van der Waals surface area contributed by atoms with Crippen molar-refractivity contribution in [2.45, 2.75) is 26.4 Å². The van der Waals surface area contributed by atoms with E-state index in [1.165, 1.54) is 0 Å². The van der Waals surface area contributed by atoms with Gasteiger partial charge in [-0.15, -0.1) is 0 Å². The van der Waals surface area contributed by atoms with Crippen LogP contribution < -0.4 is 0 Å². The SMILES string of the molecule is CC(C)(C)OO.[Cl][Ni][Cl]. The van der Waals surface area contributed by atoms with Crippen LogP contribution in [0.2, 0.25) is 0 Å². The third kappa shape index (κ3) is 27.6. The Morgan fingerprint density at radius 1 is 1.33 bits per heavy atom. The third-order valence-corrected chi connectivity index (χ3v) is 0.274. The number of hydrogen-bond donors (Lipinski definition) is 1. The molecule has 0 fully saturated rings. The molecule has 1 N–H and O–H groups in total. The van der Waals surface area contributed by atoms with Gasteiger partial charge in [-0.25, -0.2) is 4.89 Å². The van der Waals surface area contributed by atoms with Crippen molar-refractivity contribution in [1.82, 2.24) is 0 Å². The van der Waals surface area contributed by atoms with E-state index in [1.807, 2.05) is 0 Å². The van der Waals surface area contributed by atoms with E-state index < -0.39 is 5.60 Å². The molecule has 0 atom stereocenters. The van der Waals surface area contributed by atoms with Crippen molar-refractivity contribution in [2.75, 3.05) is 0 Å². The molecule has 0 amide bonds. The topological polar surface area (TPSA) is 29.5 Å². The van der Waals surface area contributed by atoms with Crippen molar-refractivity contribution >= 4 is 20.4 Å². The zero-order valence-electron chi connectivity index (χ0n) is 5.43. The van der Waals surface area contributed by atoms with Gasteiger partial charge in [0.05, 0.1) is 5.60 Å². The fourth-order valence-corrected chi connectivity index (χ4v) is 0. The van der Waals surface area contributed by atoms with Crippen LogP contribution in [0.25, 0.3) is 0 Å². The standard InChI is InChI=1S/C4H10O2.2ClH.Ni/c1-4(2,3)6-5;;;/h5H,1-3H3;2*1H;/q;;;+2/p-2.